The predicted molar refractivity (Wildman–Crippen MR) is 92.3 cm³/mol. The van der Waals surface area contributed by atoms with E-state index in [-0.39, 0.29) is 17.7 Å². The fourth-order valence-electron chi connectivity index (χ4n) is 3.34. The molecule has 1 heterocycles. The zero-order valence-corrected chi connectivity index (χ0v) is 14.8. The first kappa shape index (κ1) is 16.8. The van der Waals surface area contributed by atoms with Crippen LogP contribution in [0.1, 0.15) is 40.7 Å². The smallest absolute Gasteiger partial charge is 0.254 e. The number of amides is 2. The van der Waals surface area contributed by atoms with Crippen molar-refractivity contribution in [1.29, 1.82) is 0 Å². The normalized spacial score (nSPS) is 18.3. The van der Waals surface area contributed by atoms with Crippen LogP contribution in [0.3, 0.4) is 0 Å². The van der Waals surface area contributed by atoms with Gasteiger partial charge in [-0.1, -0.05) is 0 Å². The van der Waals surface area contributed by atoms with Crippen LogP contribution in [0.2, 0.25) is 0 Å². The standard InChI is InChI=1S/C19H26N2O3/c1-13-12-17(24-3)14(2)11-16(13)19(23)21-8-4-7-20(9-10-21)18(22)15-5-6-15/h11-12,15H,4-10H2,1-3H3. The van der Waals surface area contributed by atoms with Gasteiger partial charge in [-0.2, -0.15) is 0 Å². The quantitative estimate of drug-likeness (QED) is 0.855. The van der Waals surface area contributed by atoms with Gasteiger partial charge in [0.25, 0.3) is 5.91 Å². The fourth-order valence-corrected chi connectivity index (χ4v) is 3.34. The number of rotatable bonds is 3. The molecule has 0 atom stereocenters. The van der Waals surface area contributed by atoms with Crippen molar-refractivity contribution in [3.63, 3.8) is 0 Å². The Kier molecular flexibility index (Phi) is 4.78. The summed E-state index contributed by atoms with van der Waals surface area (Å²) < 4.78 is 5.33. The molecule has 0 aromatic heterocycles. The minimum absolute atomic E-state index is 0.0546. The van der Waals surface area contributed by atoms with Crippen molar-refractivity contribution in [2.24, 2.45) is 5.92 Å². The summed E-state index contributed by atoms with van der Waals surface area (Å²) in [7, 11) is 1.64. The molecule has 5 nitrogen and oxygen atoms in total. The first-order valence-electron chi connectivity index (χ1n) is 8.74. The van der Waals surface area contributed by atoms with Gasteiger partial charge in [-0.25, -0.2) is 0 Å². The van der Waals surface area contributed by atoms with Crippen LogP contribution in [-0.4, -0.2) is 54.9 Å². The lowest BCUT2D eigenvalue weighted by molar-refractivity contribution is -0.132. The second-order valence-corrected chi connectivity index (χ2v) is 6.88. The zero-order valence-electron chi connectivity index (χ0n) is 14.8. The van der Waals surface area contributed by atoms with Gasteiger partial charge < -0.3 is 14.5 Å². The molecule has 2 aliphatic rings. The largest absolute Gasteiger partial charge is 0.496 e. The van der Waals surface area contributed by atoms with Crippen LogP contribution < -0.4 is 4.74 Å². The van der Waals surface area contributed by atoms with Crippen molar-refractivity contribution in [2.45, 2.75) is 33.1 Å². The topological polar surface area (TPSA) is 49.9 Å². The molecule has 1 aliphatic carbocycles. The number of benzene rings is 1. The number of carbonyl (C=O) groups excluding carboxylic acids is 2. The molecule has 1 saturated heterocycles. The number of hydrogen-bond donors (Lipinski definition) is 0. The van der Waals surface area contributed by atoms with Gasteiger partial charge in [0.15, 0.2) is 0 Å². The van der Waals surface area contributed by atoms with Crippen molar-refractivity contribution in [3.8, 4) is 5.75 Å². The van der Waals surface area contributed by atoms with Crippen LogP contribution in [0, 0.1) is 19.8 Å². The third-order valence-corrected chi connectivity index (χ3v) is 4.99. The number of methoxy groups -OCH3 is 1. The summed E-state index contributed by atoms with van der Waals surface area (Å²) in [6.07, 6.45) is 2.91. The van der Waals surface area contributed by atoms with E-state index in [0.717, 1.165) is 48.2 Å². The van der Waals surface area contributed by atoms with E-state index in [2.05, 4.69) is 0 Å². The van der Waals surface area contributed by atoms with Crippen LogP contribution in [0.4, 0.5) is 0 Å². The Morgan fingerprint density at radius 3 is 2.33 bits per heavy atom. The van der Waals surface area contributed by atoms with E-state index >= 15 is 0 Å². The summed E-state index contributed by atoms with van der Waals surface area (Å²) in [6.45, 7) is 6.62. The van der Waals surface area contributed by atoms with Gasteiger partial charge in [-0.05, 0) is 56.4 Å². The molecule has 2 fully saturated rings. The van der Waals surface area contributed by atoms with Crippen LogP contribution in [0.5, 0.6) is 5.75 Å². The third kappa shape index (κ3) is 3.40. The van der Waals surface area contributed by atoms with Crippen LogP contribution in [-0.2, 0) is 4.79 Å². The molecule has 3 rings (SSSR count). The van der Waals surface area contributed by atoms with Crippen LogP contribution in [0.15, 0.2) is 12.1 Å². The monoisotopic (exact) mass is 330 g/mol. The van der Waals surface area contributed by atoms with Gasteiger partial charge in [0.05, 0.1) is 7.11 Å². The molecular formula is C19H26N2O3. The van der Waals surface area contributed by atoms with E-state index in [4.69, 9.17) is 4.74 Å². The van der Waals surface area contributed by atoms with E-state index in [9.17, 15) is 9.59 Å². The zero-order chi connectivity index (χ0) is 17.3. The van der Waals surface area contributed by atoms with Gasteiger partial charge in [0, 0.05) is 37.7 Å². The van der Waals surface area contributed by atoms with Crippen LogP contribution >= 0.6 is 0 Å². The van der Waals surface area contributed by atoms with E-state index in [1.54, 1.807) is 7.11 Å². The summed E-state index contributed by atoms with van der Waals surface area (Å²) in [5.41, 5.74) is 2.62. The first-order valence-corrected chi connectivity index (χ1v) is 8.74. The van der Waals surface area contributed by atoms with Crippen molar-refractivity contribution in [2.75, 3.05) is 33.3 Å². The Morgan fingerprint density at radius 2 is 1.67 bits per heavy atom. The minimum Gasteiger partial charge on any atom is -0.496 e. The Balaban J connectivity index is 1.71. The summed E-state index contributed by atoms with van der Waals surface area (Å²) in [6, 6.07) is 3.83. The molecule has 1 saturated carbocycles. The van der Waals surface area contributed by atoms with Crippen molar-refractivity contribution >= 4 is 11.8 Å². The number of hydrogen-bond acceptors (Lipinski definition) is 3. The Hall–Kier alpha value is -2.04. The highest BCUT2D eigenvalue weighted by molar-refractivity contribution is 5.96. The van der Waals surface area contributed by atoms with Crippen LogP contribution in [0.25, 0.3) is 0 Å². The highest BCUT2D eigenvalue weighted by atomic mass is 16.5. The lowest BCUT2D eigenvalue weighted by atomic mass is 10.0. The van der Waals surface area contributed by atoms with Crippen molar-refractivity contribution in [3.05, 3.63) is 28.8 Å². The molecule has 130 valence electrons. The number of aryl methyl sites for hydroxylation is 2. The lowest BCUT2D eigenvalue weighted by Gasteiger charge is -2.23. The fraction of sp³-hybridized carbons (Fsp3) is 0.579. The SMILES string of the molecule is COc1cc(C)c(C(=O)N2CCCN(C(=O)C3CC3)CC2)cc1C. The average molecular weight is 330 g/mol. The summed E-state index contributed by atoms with van der Waals surface area (Å²) >= 11 is 0. The van der Waals surface area contributed by atoms with Gasteiger partial charge in [-0.3, -0.25) is 9.59 Å². The molecule has 2 amide bonds. The molecular weight excluding hydrogens is 304 g/mol. The summed E-state index contributed by atoms with van der Waals surface area (Å²) in [5.74, 6) is 1.39. The number of nitrogens with zero attached hydrogens (tertiary/aromatic N) is 2. The second-order valence-electron chi connectivity index (χ2n) is 6.88. The van der Waals surface area contributed by atoms with Gasteiger partial charge >= 0.3 is 0 Å². The Bertz CT molecular complexity index is 652. The maximum Gasteiger partial charge on any atom is 0.254 e. The number of carbonyl (C=O) groups is 2. The van der Waals surface area contributed by atoms with E-state index in [1.165, 1.54) is 0 Å². The summed E-state index contributed by atoms with van der Waals surface area (Å²) in [4.78, 5) is 29.0. The molecule has 0 N–H and O–H groups in total. The van der Waals surface area contributed by atoms with Gasteiger partial charge in [0.2, 0.25) is 5.91 Å². The maximum atomic E-state index is 12.9. The minimum atomic E-state index is 0.0546. The molecule has 5 heteroatoms. The molecule has 1 aliphatic heterocycles. The molecule has 24 heavy (non-hydrogen) atoms. The summed E-state index contributed by atoms with van der Waals surface area (Å²) in [5, 5.41) is 0. The highest BCUT2D eigenvalue weighted by Crippen LogP contribution is 2.31. The highest BCUT2D eigenvalue weighted by Gasteiger charge is 2.34. The molecule has 0 unspecified atom stereocenters. The van der Waals surface area contributed by atoms with Crippen molar-refractivity contribution in [1.82, 2.24) is 9.80 Å². The third-order valence-electron chi connectivity index (χ3n) is 4.99. The second kappa shape index (κ2) is 6.83. The predicted octanol–water partition coefficient (Wildman–Crippen LogP) is 2.40. The molecule has 0 radical (unpaired) electrons. The first-order chi connectivity index (χ1) is 11.5. The van der Waals surface area contributed by atoms with Gasteiger partial charge in [-0.15, -0.1) is 0 Å². The van der Waals surface area contributed by atoms with Crippen molar-refractivity contribution < 1.29 is 14.3 Å². The van der Waals surface area contributed by atoms with E-state index in [0.29, 0.717) is 19.6 Å². The molecule has 1 aromatic carbocycles. The van der Waals surface area contributed by atoms with E-state index in [1.807, 2.05) is 35.8 Å². The molecule has 1 aromatic rings. The lowest BCUT2D eigenvalue weighted by Crippen LogP contribution is -2.38. The number of ether oxygens (including phenoxy) is 1. The molecule has 0 bridgehead atoms. The Morgan fingerprint density at radius 1 is 1.00 bits per heavy atom. The Labute approximate surface area is 143 Å². The molecule has 0 spiro atoms. The maximum absolute atomic E-state index is 12.9. The van der Waals surface area contributed by atoms with Gasteiger partial charge in [0.1, 0.15) is 5.75 Å². The van der Waals surface area contributed by atoms with E-state index < -0.39 is 0 Å². The average Bonchev–Trinajstić information content (AvgIpc) is 3.41.